The van der Waals surface area contributed by atoms with E-state index in [1.807, 2.05) is 19.2 Å². The van der Waals surface area contributed by atoms with Crippen molar-refractivity contribution in [2.24, 2.45) is 0 Å². The number of carbonyl (C=O) groups excluding carboxylic acids is 1. The van der Waals surface area contributed by atoms with Crippen molar-refractivity contribution in [2.45, 2.75) is 20.0 Å². The van der Waals surface area contributed by atoms with Gasteiger partial charge in [0, 0.05) is 5.56 Å². The Morgan fingerprint density at radius 1 is 1.22 bits per heavy atom. The molecule has 6 heteroatoms. The van der Waals surface area contributed by atoms with Crippen molar-refractivity contribution < 1.29 is 14.4 Å². The first-order valence-corrected chi connectivity index (χ1v) is 9.62. The molecule has 0 fully saturated rings. The Morgan fingerprint density at radius 2 is 1.96 bits per heavy atom. The number of rotatable bonds is 6. The number of carbonyl (C=O) groups is 1. The second kappa shape index (κ2) is 8.21. The second-order valence-electron chi connectivity index (χ2n) is 6.47. The molecule has 1 unspecified atom stereocenters. The molecule has 0 aliphatic heterocycles. The van der Waals surface area contributed by atoms with Crippen molar-refractivity contribution in [1.82, 2.24) is 0 Å². The van der Waals surface area contributed by atoms with E-state index < -0.39 is 5.97 Å². The molecular formula is C21H22N3O2S+. The summed E-state index contributed by atoms with van der Waals surface area (Å²) in [5.74, 6) is -0.413. The van der Waals surface area contributed by atoms with Gasteiger partial charge in [-0.25, -0.2) is 4.79 Å². The van der Waals surface area contributed by atoms with Crippen LogP contribution in [0, 0.1) is 11.3 Å². The van der Waals surface area contributed by atoms with E-state index in [-0.39, 0.29) is 6.61 Å². The van der Waals surface area contributed by atoms with Crippen LogP contribution >= 0.6 is 11.3 Å². The van der Waals surface area contributed by atoms with Crippen LogP contribution in [0.2, 0.25) is 0 Å². The number of nitrogens with two attached hydrogens (primary N) is 1. The van der Waals surface area contributed by atoms with Gasteiger partial charge in [-0.2, -0.15) is 5.26 Å². The fourth-order valence-corrected chi connectivity index (χ4v) is 4.13. The summed E-state index contributed by atoms with van der Waals surface area (Å²) in [5, 5.41) is 12.2. The molecule has 0 saturated heterocycles. The van der Waals surface area contributed by atoms with Crippen LogP contribution in [-0.2, 0) is 17.8 Å². The van der Waals surface area contributed by atoms with Crippen molar-refractivity contribution in [3.05, 3.63) is 64.0 Å². The van der Waals surface area contributed by atoms with Gasteiger partial charge in [0.2, 0.25) is 0 Å². The summed E-state index contributed by atoms with van der Waals surface area (Å²) in [7, 11) is 2.04. The molecule has 27 heavy (non-hydrogen) atoms. The van der Waals surface area contributed by atoms with Crippen LogP contribution in [0.15, 0.2) is 42.5 Å². The Balaban J connectivity index is 1.83. The van der Waals surface area contributed by atoms with Crippen molar-refractivity contribution in [2.75, 3.05) is 19.4 Å². The molecule has 3 N–H and O–H groups in total. The van der Waals surface area contributed by atoms with Crippen molar-refractivity contribution in [1.29, 1.82) is 5.26 Å². The minimum Gasteiger partial charge on any atom is -0.462 e. The molecule has 1 heterocycles. The predicted octanol–water partition coefficient (Wildman–Crippen LogP) is 2.75. The van der Waals surface area contributed by atoms with E-state index in [1.165, 1.54) is 16.3 Å². The number of nitriles is 1. The van der Waals surface area contributed by atoms with Gasteiger partial charge in [-0.05, 0) is 23.8 Å². The molecule has 0 bridgehead atoms. The predicted molar refractivity (Wildman–Crippen MR) is 108 cm³/mol. The quantitative estimate of drug-likeness (QED) is 0.645. The maximum atomic E-state index is 12.2. The number of nitrogens with zero attached hydrogens (tertiary/aromatic N) is 1. The zero-order valence-electron chi connectivity index (χ0n) is 15.4. The number of hydrogen-bond acceptors (Lipinski definition) is 5. The topological polar surface area (TPSA) is 80.5 Å². The number of anilines is 1. The highest BCUT2D eigenvalue weighted by molar-refractivity contribution is 7.18. The van der Waals surface area contributed by atoms with Gasteiger partial charge >= 0.3 is 5.97 Å². The number of thiophene rings is 1. The smallest absolute Gasteiger partial charge is 0.348 e. The zero-order chi connectivity index (χ0) is 19.4. The van der Waals surface area contributed by atoms with Gasteiger partial charge in [0.05, 0.1) is 24.8 Å². The number of fused-ring (bicyclic) bond motifs is 1. The number of quaternary nitrogens is 1. The number of benzene rings is 2. The number of nitrogen functional groups attached to an aromatic ring is 1. The van der Waals surface area contributed by atoms with Gasteiger partial charge in [-0.1, -0.05) is 36.4 Å². The Hall–Kier alpha value is -2.88. The molecule has 138 valence electrons. The van der Waals surface area contributed by atoms with Gasteiger partial charge in [0.1, 0.15) is 29.0 Å². The van der Waals surface area contributed by atoms with Gasteiger partial charge in [-0.15, -0.1) is 11.3 Å². The maximum absolute atomic E-state index is 12.2. The third-order valence-electron chi connectivity index (χ3n) is 4.41. The van der Waals surface area contributed by atoms with E-state index in [4.69, 9.17) is 10.5 Å². The monoisotopic (exact) mass is 380 g/mol. The van der Waals surface area contributed by atoms with Gasteiger partial charge in [0.15, 0.2) is 0 Å². The van der Waals surface area contributed by atoms with E-state index in [0.29, 0.717) is 27.5 Å². The normalized spacial score (nSPS) is 11.9. The number of ether oxygens (including phenoxy) is 1. The number of nitrogens with one attached hydrogen (secondary N) is 1. The van der Waals surface area contributed by atoms with E-state index in [0.717, 1.165) is 22.8 Å². The SMILES string of the molecule is CCOC(=O)c1sc(N)c(C#N)c1C[NH+](C)Cc1ccc2ccccc2c1. The van der Waals surface area contributed by atoms with Crippen molar-refractivity contribution >= 4 is 33.1 Å². The fourth-order valence-electron chi connectivity index (χ4n) is 3.20. The summed E-state index contributed by atoms with van der Waals surface area (Å²) in [6.07, 6.45) is 0. The Kier molecular flexibility index (Phi) is 5.75. The molecule has 3 rings (SSSR count). The minimum absolute atomic E-state index is 0.289. The van der Waals surface area contributed by atoms with Crippen LogP contribution in [0.5, 0.6) is 0 Å². The van der Waals surface area contributed by atoms with Crippen LogP contribution in [-0.4, -0.2) is 19.6 Å². The molecule has 0 radical (unpaired) electrons. The fraction of sp³-hybridized carbons (Fsp3) is 0.238. The summed E-state index contributed by atoms with van der Waals surface area (Å²) in [4.78, 5) is 13.8. The van der Waals surface area contributed by atoms with E-state index in [9.17, 15) is 10.1 Å². The van der Waals surface area contributed by atoms with Crippen LogP contribution < -0.4 is 10.6 Å². The van der Waals surface area contributed by atoms with Crippen LogP contribution in [0.4, 0.5) is 5.00 Å². The van der Waals surface area contributed by atoms with Crippen LogP contribution in [0.25, 0.3) is 10.8 Å². The molecule has 0 saturated carbocycles. The molecule has 0 aliphatic rings. The molecule has 1 aromatic heterocycles. The molecule has 0 spiro atoms. The van der Waals surface area contributed by atoms with E-state index in [1.54, 1.807) is 6.92 Å². The largest absolute Gasteiger partial charge is 0.462 e. The van der Waals surface area contributed by atoms with Crippen molar-refractivity contribution in [3.63, 3.8) is 0 Å². The summed E-state index contributed by atoms with van der Waals surface area (Å²) < 4.78 is 5.13. The summed E-state index contributed by atoms with van der Waals surface area (Å²) >= 11 is 1.13. The summed E-state index contributed by atoms with van der Waals surface area (Å²) in [6.45, 7) is 3.35. The third-order valence-corrected chi connectivity index (χ3v) is 5.45. The molecule has 5 nitrogen and oxygen atoms in total. The van der Waals surface area contributed by atoms with Gasteiger partial charge < -0.3 is 15.4 Å². The first-order chi connectivity index (χ1) is 13.0. The first-order valence-electron chi connectivity index (χ1n) is 8.80. The highest BCUT2D eigenvalue weighted by Crippen LogP contribution is 2.30. The summed E-state index contributed by atoms with van der Waals surface area (Å²) in [6, 6.07) is 16.8. The van der Waals surface area contributed by atoms with Crippen LogP contribution in [0.3, 0.4) is 0 Å². The molecule has 3 aromatic rings. The van der Waals surface area contributed by atoms with Gasteiger partial charge in [-0.3, -0.25) is 0 Å². The highest BCUT2D eigenvalue weighted by Gasteiger charge is 2.25. The average molecular weight is 380 g/mol. The molecule has 2 aromatic carbocycles. The standard InChI is InChI=1S/C21H21N3O2S/c1-3-26-21(25)19-18(17(11-22)20(23)27-19)13-24(2)12-14-8-9-15-6-4-5-7-16(15)10-14/h4-10H,3,12-13,23H2,1-2H3/p+1. The maximum Gasteiger partial charge on any atom is 0.348 e. The summed E-state index contributed by atoms with van der Waals surface area (Å²) in [5.41, 5.74) is 8.22. The zero-order valence-corrected chi connectivity index (χ0v) is 16.2. The highest BCUT2D eigenvalue weighted by atomic mass is 32.1. The Morgan fingerprint density at radius 3 is 2.67 bits per heavy atom. The average Bonchev–Trinajstić information content (AvgIpc) is 2.97. The lowest BCUT2D eigenvalue weighted by Crippen LogP contribution is -3.06. The number of esters is 1. The minimum atomic E-state index is -0.413. The molecule has 1 atom stereocenters. The van der Waals surface area contributed by atoms with Gasteiger partial charge in [0.25, 0.3) is 0 Å². The molecular weight excluding hydrogens is 358 g/mol. The van der Waals surface area contributed by atoms with E-state index >= 15 is 0 Å². The van der Waals surface area contributed by atoms with E-state index in [2.05, 4.69) is 36.4 Å². The Labute approximate surface area is 162 Å². The lowest BCUT2D eigenvalue weighted by Gasteiger charge is -2.15. The lowest BCUT2D eigenvalue weighted by atomic mass is 10.1. The lowest BCUT2D eigenvalue weighted by molar-refractivity contribution is -0.907. The van der Waals surface area contributed by atoms with Crippen molar-refractivity contribution in [3.8, 4) is 6.07 Å². The number of hydrogen-bond donors (Lipinski definition) is 2. The third kappa shape index (κ3) is 4.11. The first kappa shape index (κ1) is 18.9. The second-order valence-corrected chi connectivity index (χ2v) is 7.53. The van der Waals surface area contributed by atoms with Crippen LogP contribution in [0.1, 0.15) is 33.3 Å². The molecule has 0 aliphatic carbocycles. The molecule has 0 amide bonds. The Bertz CT molecular complexity index is 1020.